The van der Waals surface area contributed by atoms with Crippen LogP contribution in [0.2, 0.25) is 0 Å². The smallest absolute Gasteiger partial charge is 0.339 e. The molecule has 2 rings (SSSR count). The molecule has 0 radical (unpaired) electrons. The minimum absolute atomic E-state index is 0.0403. The molecule has 6 nitrogen and oxygen atoms in total. The highest BCUT2D eigenvalue weighted by Crippen LogP contribution is 2.36. The van der Waals surface area contributed by atoms with Gasteiger partial charge in [-0.3, -0.25) is 5.43 Å². The average Bonchev–Trinajstić information content (AvgIpc) is 2.51. The minimum Gasteiger partial charge on any atom is -0.377 e. The zero-order valence-electron chi connectivity index (χ0n) is 12.9. The van der Waals surface area contributed by atoms with Crippen molar-refractivity contribution in [2.45, 2.75) is 11.8 Å². The van der Waals surface area contributed by atoms with Crippen molar-refractivity contribution < 1.29 is 12.6 Å². The van der Waals surface area contributed by atoms with Crippen molar-refractivity contribution in [1.82, 2.24) is 5.43 Å². The van der Waals surface area contributed by atoms with Gasteiger partial charge >= 0.3 is 10.1 Å². The summed E-state index contributed by atoms with van der Waals surface area (Å²) in [6, 6.07) is 9.69. The molecule has 0 aromatic heterocycles. The molecular weight excluding hydrogens is 494 g/mol. The van der Waals surface area contributed by atoms with Gasteiger partial charge in [0, 0.05) is 0 Å². The highest BCUT2D eigenvalue weighted by molar-refractivity contribution is 9.11. The summed E-state index contributed by atoms with van der Waals surface area (Å²) in [6.45, 7) is 1.87. The summed E-state index contributed by atoms with van der Waals surface area (Å²) < 4.78 is 31.0. The fraction of sp³-hybridized carbons (Fsp3) is 0.0667. The lowest BCUT2D eigenvalue weighted by Gasteiger charge is -2.11. The van der Waals surface area contributed by atoms with Crippen molar-refractivity contribution in [2.24, 2.45) is 10.8 Å². The lowest BCUT2D eigenvalue weighted by atomic mass is 10.2. The van der Waals surface area contributed by atoms with Crippen LogP contribution in [0.25, 0.3) is 0 Å². The first-order valence-corrected chi connectivity index (χ1v) is 10.2. The van der Waals surface area contributed by atoms with Crippen LogP contribution < -0.4 is 15.3 Å². The van der Waals surface area contributed by atoms with Crippen LogP contribution in [0.3, 0.4) is 0 Å². The van der Waals surface area contributed by atoms with E-state index >= 15 is 0 Å². The Bertz CT molecular complexity index is 907. The third kappa shape index (κ3) is 5.50. The molecule has 10 heteroatoms. The number of nitrogens with zero attached hydrogens (tertiary/aromatic N) is 1. The van der Waals surface area contributed by atoms with Crippen molar-refractivity contribution in [1.29, 1.82) is 0 Å². The molecular formula is C15H13Br2N3O3S2. The van der Waals surface area contributed by atoms with E-state index in [-0.39, 0.29) is 15.8 Å². The summed E-state index contributed by atoms with van der Waals surface area (Å²) in [5.74, 6) is 0.139. The number of nitrogens with two attached hydrogens (primary N) is 1. The monoisotopic (exact) mass is 505 g/mol. The van der Waals surface area contributed by atoms with Gasteiger partial charge < -0.3 is 9.92 Å². The Morgan fingerprint density at radius 3 is 2.32 bits per heavy atom. The second-order valence-corrected chi connectivity index (χ2v) is 8.59. The maximum absolute atomic E-state index is 12.4. The van der Waals surface area contributed by atoms with Gasteiger partial charge in [-0.2, -0.15) is 13.5 Å². The van der Waals surface area contributed by atoms with Gasteiger partial charge in [0.25, 0.3) is 0 Å². The predicted molar refractivity (Wildman–Crippen MR) is 108 cm³/mol. The molecule has 0 saturated heterocycles. The molecule has 0 fully saturated rings. The standard InChI is InChI=1S/C15H13Br2N3O3S2/c1-9-2-4-11(5-3-9)25(21,22)23-14-12(16)6-10(7-13(14)17)8-19-20-15(18)24/h2-8H,1H3,(H3,18,20,24)/b19-8-. The number of aryl methyl sites for hydroxylation is 1. The largest absolute Gasteiger partial charge is 0.377 e. The second-order valence-electron chi connectivity index (χ2n) is 4.90. The van der Waals surface area contributed by atoms with Gasteiger partial charge in [0.05, 0.1) is 15.2 Å². The Hall–Kier alpha value is -1.49. The molecule has 2 aromatic carbocycles. The molecule has 2 aromatic rings. The quantitative estimate of drug-likeness (QED) is 0.279. The van der Waals surface area contributed by atoms with E-state index in [1.54, 1.807) is 24.3 Å². The SMILES string of the molecule is Cc1ccc(S(=O)(=O)Oc2c(Br)cc(/C=N\NC(N)=S)cc2Br)cc1. The van der Waals surface area contributed by atoms with Gasteiger partial charge in [-0.15, -0.1) is 0 Å². The third-order valence-corrected chi connectivity index (χ3v) is 5.42. The van der Waals surface area contributed by atoms with Gasteiger partial charge in [0.1, 0.15) is 4.90 Å². The van der Waals surface area contributed by atoms with Gasteiger partial charge in [-0.1, -0.05) is 17.7 Å². The summed E-state index contributed by atoms with van der Waals surface area (Å²) in [5.41, 5.74) is 9.33. The van der Waals surface area contributed by atoms with Crippen LogP contribution in [0, 0.1) is 6.92 Å². The van der Waals surface area contributed by atoms with Crippen molar-refractivity contribution in [3.8, 4) is 5.75 Å². The first-order valence-electron chi connectivity index (χ1n) is 6.78. The number of benzene rings is 2. The normalized spacial score (nSPS) is 11.5. The molecule has 0 heterocycles. The summed E-state index contributed by atoms with van der Waals surface area (Å²) in [6.07, 6.45) is 1.48. The lowest BCUT2D eigenvalue weighted by Crippen LogP contribution is -2.23. The Labute approximate surface area is 167 Å². The van der Waals surface area contributed by atoms with Gasteiger partial charge in [-0.25, -0.2) is 0 Å². The fourth-order valence-corrected chi connectivity index (χ4v) is 4.38. The average molecular weight is 507 g/mol. The molecule has 0 amide bonds. The maximum Gasteiger partial charge on any atom is 0.339 e. The Kier molecular flexibility index (Phi) is 6.55. The number of halogens is 2. The predicted octanol–water partition coefficient (Wildman–Crippen LogP) is 3.45. The van der Waals surface area contributed by atoms with E-state index in [0.29, 0.717) is 14.5 Å². The van der Waals surface area contributed by atoms with Crippen LogP contribution in [0.4, 0.5) is 0 Å². The zero-order valence-corrected chi connectivity index (χ0v) is 17.7. The first kappa shape index (κ1) is 19.8. The highest BCUT2D eigenvalue weighted by Gasteiger charge is 2.20. The van der Waals surface area contributed by atoms with Crippen molar-refractivity contribution in [3.63, 3.8) is 0 Å². The Morgan fingerprint density at radius 1 is 1.24 bits per heavy atom. The van der Waals surface area contributed by atoms with Crippen LogP contribution >= 0.6 is 44.1 Å². The minimum atomic E-state index is -3.96. The van der Waals surface area contributed by atoms with E-state index < -0.39 is 10.1 Å². The van der Waals surface area contributed by atoms with Crippen LogP contribution in [-0.2, 0) is 10.1 Å². The highest BCUT2D eigenvalue weighted by atomic mass is 79.9. The molecule has 0 unspecified atom stereocenters. The molecule has 0 aliphatic carbocycles. The van der Waals surface area contributed by atoms with Crippen LogP contribution in [0.15, 0.2) is 55.3 Å². The molecule has 0 bridgehead atoms. The second kappa shape index (κ2) is 8.26. The van der Waals surface area contributed by atoms with E-state index in [1.807, 2.05) is 6.92 Å². The summed E-state index contributed by atoms with van der Waals surface area (Å²) >= 11 is 11.3. The summed E-state index contributed by atoms with van der Waals surface area (Å²) in [4.78, 5) is 0.0724. The van der Waals surface area contributed by atoms with E-state index in [1.165, 1.54) is 18.3 Å². The van der Waals surface area contributed by atoms with E-state index in [9.17, 15) is 8.42 Å². The fourth-order valence-electron chi connectivity index (χ4n) is 1.77. The lowest BCUT2D eigenvalue weighted by molar-refractivity contribution is 0.483. The van der Waals surface area contributed by atoms with Crippen LogP contribution in [-0.4, -0.2) is 19.7 Å². The molecule has 0 aliphatic heterocycles. The topological polar surface area (TPSA) is 93.8 Å². The molecule has 25 heavy (non-hydrogen) atoms. The van der Waals surface area contributed by atoms with Crippen LogP contribution in [0.1, 0.15) is 11.1 Å². The van der Waals surface area contributed by atoms with E-state index in [4.69, 9.17) is 9.92 Å². The molecule has 0 spiro atoms. The molecule has 0 saturated carbocycles. The number of thiocarbonyl (C=S) groups is 1. The van der Waals surface area contributed by atoms with Gasteiger partial charge in [0.2, 0.25) is 0 Å². The number of hydrazone groups is 1. The number of rotatable bonds is 5. The summed E-state index contributed by atoms with van der Waals surface area (Å²) in [5, 5.41) is 3.88. The number of nitrogens with one attached hydrogen (secondary N) is 1. The number of hydrogen-bond donors (Lipinski definition) is 2. The van der Waals surface area contributed by atoms with Gasteiger partial charge in [-0.05, 0) is 80.8 Å². The zero-order chi connectivity index (χ0) is 18.6. The van der Waals surface area contributed by atoms with Crippen LogP contribution in [0.5, 0.6) is 5.75 Å². The molecule has 0 atom stereocenters. The first-order chi connectivity index (χ1) is 11.7. The Balaban J connectivity index is 2.29. The van der Waals surface area contributed by atoms with Gasteiger partial charge in [0.15, 0.2) is 10.9 Å². The molecule has 132 valence electrons. The van der Waals surface area contributed by atoms with Crippen molar-refractivity contribution >= 4 is 65.5 Å². The third-order valence-electron chi connectivity index (χ3n) is 2.91. The van der Waals surface area contributed by atoms with E-state index in [2.05, 4.69) is 54.6 Å². The van der Waals surface area contributed by atoms with Crippen molar-refractivity contribution in [2.75, 3.05) is 0 Å². The number of hydrogen-bond acceptors (Lipinski definition) is 5. The molecule has 3 N–H and O–H groups in total. The molecule has 0 aliphatic rings. The summed E-state index contributed by atoms with van der Waals surface area (Å²) in [7, 11) is -3.96. The Morgan fingerprint density at radius 2 is 1.80 bits per heavy atom. The van der Waals surface area contributed by atoms with Crippen molar-refractivity contribution in [3.05, 3.63) is 56.5 Å². The van der Waals surface area contributed by atoms with E-state index in [0.717, 1.165) is 5.56 Å². The maximum atomic E-state index is 12.4.